The first-order valence-electron chi connectivity index (χ1n) is 10.5. The fourth-order valence-electron chi connectivity index (χ4n) is 3.38. The minimum Gasteiger partial charge on any atom is -0.497 e. The van der Waals surface area contributed by atoms with Crippen molar-refractivity contribution >= 4 is 52.8 Å². The van der Waals surface area contributed by atoms with Crippen LogP contribution in [0.5, 0.6) is 5.75 Å². The van der Waals surface area contributed by atoms with Gasteiger partial charge in [0, 0.05) is 20.5 Å². The van der Waals surface area contributed by atoms with Gasteiger partial charge in [0.05, 0.1) is 30.1 Å². The van der Waals surface area contributed by atoms with Crippen LogP contribution >= 0.6 is 46.8 Å². The first-order chi connectivity index (χ1) is 17.4. The van der Waals surface area contributed by atoms with E-state index < -0.39 is 6.03 Å². The third-order valence-corrected chi connectivity index (χ3v) is 6.61. The molecule has 4 rings (SSSR count). The predicted octanol–water partition coefficient (Wildman–Crippen LogP) is 6.89. The fraction of sp³-hybridized carbons (Fsp3) is 0.0800. The number of hydrogen-bond donors (Lipinski definition) is 2. The average molecular weight is 559 g/mol. The standard InChI is InChI=1S/C25H18Cl3N5O2S/c1-35-18-3-2-4-19(12-18)36-32-25(34)30-14-22-20(13-29)24(15-5-7-16(26)8-6-15)33(31-22)23-10-9-17(27)11-21(23)28/h2-12H,14H2,1H3,(H2,30,32,34). The Morgan fingerprint density at radius 1 is 1.08 bits per heavy atom. The van der Waals surface area contributed by atoms with Crippen LogP contribution in [0.1, 0.15) is 11.3 Å². The van der Waals surface area contributed by atoms with Gasteiger partial charge >= 0.3 is 6.03 Å². The SMILES string of the molecule is COc1cccc(SNC(=O)NCc2nn(-c3ccc(Cl)cc3Cl)c(-c3ccc(Cl)cc3)c2C#N)c1. The Kier molecular flexibility index (Phi) is 8.28. The van der Waals surface area contributed by atoms with Crippen molar-refractivity contribution in [3.8, 4) is 28.8 Å². The molecular weight excluding hydrogens is 541 g/mol. The number of amides is 2. The van der Waals surface area contributed by atoms with E-state index in [0.29, 0.717) is 49.0 Å². The Bertz CT molecular complexity index is 1450. The first-order valence-corrected chi connectivity index (χ1v) is 12.4. The number of hydrogen-bond acceptors (Lipinski definition) is 5. The number of carbonyl (C=O) groups excluding carboxylic acids is 1. The summed E-state index contributed by atoms with van der Waals surface area (Å²) in [4.78, 5) is 13.3. The van der Waals surface area contributed by atoms with Crippen LogP contribution in [0, 0.1) is 11.3 Å². The van der Waals surface area contributed by atoms with E-state index in [2.05, 4.69) is 21.2 Å². The molecule has 2 amide bonds. The number of urea groups is 1. The maximum Gasteiger partial charge on any atom is 0.325 e. The van der Waals surface area contributed by atoms with E-state index in [9.17, 15) is 10.1 Å². The van der Waals surface area contributed by atoms with Gasteiger partial charge in [0.1, 0.15) is 23.1 Å². The molecule has 1 aromatic heterocycles. The molecule has 0 fully saturated rings. The molecule has 0 radical (unpaired) electrons. The van der Waals surface area contributed by atoms with Gasteiger partial charge in [0.25, 0.3) is 0 Å². The van der Waals surface area contributed by atoms with E-state index in [4.69, 9.17) is 39.5 Å². The van der Waals surface area contributed by atoms with Gasteiger partial charge in [-0.2, -0.15) is 10.4 Å². The molecule has 0 bridgehead atoms. The van der Waals surface area contributed by atoms with Crippen LogP contribution in [0.15, 0.2) is 71.6 Å². The number of halogens is 3. The molecule has 0 unspecified atom stereocenters. The number of nitrogens with one attached hydrogen (secondary N) is 2. The zero-order chi connectivity index (χ0) is 25.7. The van der Waals surface area contributed by atoms with Crippen molar-refractivity contribution in [3.63, 3.8) is 0 Å². The predicted molar refractivity (Wildman–Crippen MR) is 143 cm³/mol. The lowest BCUT2D eigenvalue weighted by Gasteiger charge is -2.10. The van der Waals surface area contributed by atoms with Crippen molar-refractivity contribution < 1.29 is 9.53 Å². The number of carbonyl (C=O) groups is 1. The second kappa shape index (κ2) is 11.6. The van der Waals surface area contributed by atoms with E-state index in [1.54, 1.807) is 60.3 Å². The summed E-state index contributed by atoms with van der Waals surface area (Å²) in [5.41, 5.74) is 2.42. The van der Waals surface area contributed by atoms with Crippen LogP contribution in [-0.2, 0) is 6.54 Å². The van der Waals surface area contributed by atoms with Gasteiger partial charge in [0.15, 0.2) is 0 Å². The smallest absolute Gasteiger partial charge is 0.325 e. The summed E-state index contributed by atoms with van der Waals surface area (Å²) in [6.07, 6.45) is 0. The zero-order valence-electron chi connectivity index (χ0n) is 18.8. The lowest BCUT2D eigenvalue weighted by atomic mass is 10.1. The lowest BCUT2D eigenvalue weighted by Crippen LogP contribution is -2.31. The summed E-state index contributed by atoms with van der Waals surface area (Å²) in [6, 6.07) is 21.1. The normalized spacial score (nSPS) is 10.5. The molecule has 1 heterocycles. The largest absolute Gasteiger partial charge is 0.497 e. The minimum atomic E-state index is -0.446. The minimum absolute atomic E-state index is 0.00615. The fourth-order valence-corrected chi connectivity index (χ4v) is 4.60. The molecule has 36 heavy (non-hydrogen) atoms. The molecule has 0 aliphatic carbocycles. The molecule has 0 aliphatic rings. The third-order valence-electron chi connectivity index (χ3n) is 5.04. The number of ether oxygens (including phenoxy) is 1. The maximum atomic E-state index is 12.5. The topological polar surface area (TPSA) is 92.0 Å². The highest BCUT2D eigenvalue weighted by molar-refractivity contribution is 7.98. The summed E-state index contributed by atoms with van der Waals surface area (Å²) >= 11 is 19.7. The number of nitrogens with zero attached hydrogens (tertiary/aromatic N) is 3. The molecule has 0 saturated heterocycles. The van der Waals surface area contributed by atoms with Crippen LogP contribution in [0.3, 0.4) is 0 Å². The van der Waals surface area contributed by atoms with Gasteiger partial charge in [-0.25, -0.2) is 9.48 Å². The molecule has 7 nitrogen and oxygen atoms in total. The Hall–Kier alpha value is -3.35. The summed E-state index contributed by atoms with van der Waals surface area (Å²) < 4.78 is 9.47. The van der Waals surface area contributed by atoms with Crippen LogP contribution in [0.25, 0.3) is 16.9 Å². The van der Waals surface area contributed by atoms with E-state index in [0.717, 1.165) is 16.8 Å². The van der Waals surface area contributed by atoms with Crippen molar-refractivity contribution in [1.82, 2.24) is 19.8 Å². The monoisotopic (exact) mass is 557 g/mol. The summed E-state index contributed by atoms with van der Waals surface area (Å²) in [5.74, 6) is 0.682. The average Bonchev–Trinajstić information content (AvgIpc) is 3.25. The molecule has 11 heteroatoms. The molecular formula is C25H18Cl3N5O2S. The quantitative estimate of drug-likeness (QED) is 0.241. The van der Waals surface area contributed by atoms with Crippen LogP contribution in [0.4, 0.5) is 4.79 Å². The molecule has 3 aromatic carbocycles. The maximum absolute atomic E-state index is 12.5. The highest BCUT2D eigenvalue weighted by Gasteiger charge is 2.22. The van der Waals surface area contributed by atoms with Gasteiger partial charge in [-0.15, -0.1) is 0 Å². The Morgan fingerprint density at radius 2 is 1.83 bits per heavy atom. The van der Waals surface area contributed by atoms with E-state index in [1.807, 2.05) is 18.2 Å². The second-order valence-corrected chi connectivity index (χ2v) is 9.52. The number of rotatable bonds is 7. The van der Waals surface area contributed by atoms with Gasteiger partial charge in [0.2, 0.25) is 0 Å². The molecule has 0 spiro atoms. The molecule has 0 atom stereocenters. The van der Waals surface area contributed by atoms with Gasteiger partial charge in [-0.1, -0.05) is 53.0 Å². The van der Waals surface area contributed by atoms with Gasteiger partial charge in [-0.3, -0.25) is 4.72 Å². The van der Waals surface area contributed by atoms with Crippen LogP contribution in [0.2, 0.25) is 15.1 Å². The summed E-state index contributed by atoms with van der Waals surface area (Å²) in [6.45, 7) is 0.00615. The van der Waals surface area contributed by atoms with Crippen molar-refractivity contribution in [2.75, 3.05) is 7.11 Å². The number of benzene rings is 3. The highest BCUT2D eigenvalue weighted by atomic mass is 35.5. The van der Waals surface area contributed by atoms with Crippen LogP contribution < -0.4 is 14.8 Å². The van der Waals surface area contributed by atoms with Crippen molar-refractivity contribution in [2.24, 2.45) is 0 Å². The molecule has 0 saturated carbocycles. The molecule has 2 N–H and O–H groups in total. The third kappa shape index (κ3) is 5.89. The summed E-state index contributed by atoms with van der Waals surface area (Å²) in [7, 11) is 1.57. The van der Waals surface area contributed by atoms with Crippen molar-refractivity contribution in [3.05, 3.63) is 93.1 Å². The van der Waals surface area contributed by atoms with E-state index >= 15 is 0 Å². The van der Waals surface area contributed by atoms with Crippen LogP contribution in [-0.4, -0.2) is 22.9 Å². The van der Waals surface area contributed by atoms with E-state index in [1.165, 1.54) is 0 Å². The summed E-state index contributed by atoms with van der Waals surface area (Å²) in [5, 5.41) is 18.8. The van der Waals surface area contributed by atoms with Gasteiger partial charge < -0.3 is 10.1 Å². The number of nitriles is 1. The molecule has 182 valence electrons. The first kappa shape index (κ1) is 25.7. The second-order valence-electron chi connectivity index (χ2n) is 7.36. The zero-order valence-corrected chi connectivity index (χ0v) is 21.8. The Labute approximate surface area is 227 Å². The van der Waals surface area contributed by atoms with E-state index in [-0.39, 0.29) is 6.54 Å². The highest BCUT2D eigenvalue weighted by Crippen LogP contribution is 2.33. The Balaban J connectivity index is 1.61. The van der Waals surface area contributed by atoms with Crippen molar-refractivity contribution in [2.45, 2.75) is 11.4 Å². The number of methoxy groups -OCH3 is 1. The van der Waals surface area contributed by atoms with Gasteiger partial charge in [-0.05, 0) is 60.5 Å². The Morgan fingerprint density at radius 3 is 2.53 bits per heavy atom. The van der Waals surface area contributed by atoms with Crippen molar-refractivity contribution in [1.29, 1.82) is 5.26 Å². The molecule has 0 aliphatic heterocycles. The lowest BCUT2D eigenvalue weighted by molar-refractivity contribution is 0.246. The number of aromatic nitrogens is 2. The molecule has 4 aromatic rings.